The lowest BCUT2D eigenvalue weighted by molar-refractivity contribution is -0.121. The van der Waals surface area contributed by atoms with Gasteiger partial charge in [-0.15, -0.1) is 16.4 Å². The van der Waals surface area contributed by atoms with Gasteiger partial charge in [-0.2, -0.15) is 4.31 Å². The number of carbonyl (C=O) groups is 1. The van der Waals surface area contributed by atoms with Crippen LogP contribution in [0.1, 0.15) is 29.9 Å². The summed E-state index contributed by atoms with van der Waals surface area (Å²) in [7, 11) is -3.57. The molecule has 4 rings (SSSR count). The van der Waals surface area contributed by atoms with E-state index in [0.29, 0.717) is 35.9 Å². The van der Waals surface area contributed by atoms with Gasteiger partial charge in [0.15, 0.2) is 0 Å². The molecule has 3 aromatic rings. The van der Waals surface area contributed by atoms with E-state index in [-0.39, 0.29) is 18.5 Å². The Morgan fingerprint density at radius 2 is 2.07 bits per heavy atom. The fraction of sp³-hybridized carbons (Fsp3) is 0.350. The van der Waals surface area contributed by atoms with Crippen LogP contribution in [-0.4, -0.2) is 41.9 Å². The Bertz CT molecular complexity index is 1110. The van der Waals surface area contributed by atoms with Gasteiger partial charge in [0, 0.05) is 13.1 Å². The molecule has 1 unspecified atom stereocenters. The molecule has 1 fully saturated rings. The minimum Gasteiger partial charge on any atom is -0.407 e. The molecule has 0 saturated carbocycles. The van der Waals surface area contributed by atoms with E-state index in [9.17, 15) is 13.2 Å². The van der Waals surface area contributed by atoms with E-state index in [0.717, 1.165) is 5.56 Å². The molecular weight excluding hydrogens is 424 g/mol. The summed E-state index contributed by atoms with van der Waals surface area (Å²) < 4.78 is 32.7. The number of sulfonamides is 1. The molecule has 0 aliphatic carbocycles. The van der Waals surface area contributed by atoms with E-state index in [1.54, 1.807) is 17.5 Å². The molecule has 2 aromatic heterocycles. The fourth-order valence-electron chi connectivity index (χ4n) is 3.38. The van der Waals surface area contributed by atoms with Crippen molar-refractivity contribution in [3.8, 4) is 0 Å². The highest BCUT2D eigenvalue weighted by Gasteiger charge is 2.34. The third-order valence-electron chi connectivity index (χ3n) is 5.02. The number of aromatic nitrogens is 2. The number of nitrogens with zero attached hydrogens (tertiary/aromatic N) is 3. The smallest absolute Gasteiger partial charge is 0.322 e. The molecule has 0 radical (unpaired) electrons. The first-order valence-electron chi connectivity index (χ1n) is 9.64. The van der Waals surface area contributed by atoms with Gasteiger partial charge in [-0.05, 0) is 36.8 Å². The van der Waals surface area contributed by atoms with Gasteiger partial charge in [-0.25, -0.2) is 8.42 Å². The number of hydrogen-bond acceptors (Lipinski definition) is 7. The van der Waals surface area contributed by atoms with Gasteiger partial charge in [0.1, 0.15) is 4.21 Å². The largest absolute Gasteiger partial charge is 0.407 e. The van der Waals surface area contributed by atoms with Crippen LogP contribution in [0.2, 0.25) is 0 Å². The second kappa shape index (κ2) is 8.66. The van der Waals surface area contributed by atoms with Crippen molar-refractivity contribution in [2.24, 2.45) is 5.92 Å². The summed E-state index contributed by atoms with van der Waals surface area (Å²) in [4.78, 5) is 12.7. The number of aryl methyl sites for hydroxylation is 1. The molecule has 1 aliphatic heterocycles. The molecule has 3 heterocycles. The summed E-state index contributed by atoms with van der Waals surface area (Å²) in [6, 6.07) is 11.3. The molecule has 0 spiro atoms. The quantitative estimate of drug-likeness (QED) is 0.624. The Labute approximate surface area is 179 Å². The minimum atomic E-state index is -3.57. The first-order chi connectivity index (χ1) is 14.4. The van der Waals surface area contributed by atoms with Crippen molar-refractivity contribution in [3.05, 3.63) is 58.8 Å². The molecule has 10 heteroatoms. The molecule has 0 bridgehead atoms. The first kappa shape index (κ1) is 20.7. The average Bonchev–Trinajstić information content (AvgIpc) is 3.43. The van der Waals surface area contributed by atoms with Crippen LogP contribution in [0.5, 0.6) is 0 Å². The highest BCUT2D eigenvalue weighted by molar-refractivity contribution is 7.91. The van der Waals surface area contributed by atoms with Gasteiger partial charge in [0.2, 0.25) is 11.8 Å². The number of piperidine rings is 1. The summed E-state index contributed by atoms with van der Waals surface area (Å²) >= 11 is 1.18. The number of anilines is 1. The van der Waals surface area contributed by atoms with Crippen molar-refractivity contribution in [2.45, 2.75) is 30.4 Å². The van der Waals surface area contributed by atoms with Gasteiger partial charge < -0.3 is 4.42 Å². The van der Waals surface area contributed by atoms with Crippen molar-refractivity contribution in [2.75, 3.05) is 18.4 Å². The number of benzene rings is 1. The maximum absolute atomic E-state index is 12.7. The molecule has 1 N–H and O–H groups in total. The zero-order valence-corrected chi connectivity index (χ0v) is 18.1. The maximum atomic E-state index is 12.7. The summed E-state index contributed by atoms with van der Waals surface area (Å²) in [5.41, 5.74) is 2.20. The second-order valence-electron chi connectivity index (χ2n) is 7.29. The minimum absolute atomic E-state index is 0.0281. The number of hydrogen-bond donors (Lipinski definition) is 1. The molecule has 1 amide bonds. The van der Waals surface area contributed by atoms with Crippen molar-refractivity contribution in [3.63, 3.8) is 0 Å². The lowest BCUT2D eigenvalue weighted by Crippen LogP contribution is -2.43. The van der Waals surface area contributed by atoms with Gasteiger partial charge >= 0.3 is 6.01 Å². The van der Waals surface area contributed by atoms with Crippen LogP contribution in [0.25, 0.3) is 0 Å². The van der Waals surface area contributed by atoms with Crippen molar-refractivity contribution >= 4 is 33.3 Å². The van der Waals surface area contributed by atoms with Crippen LogP contribution in [-0.2, 0) is 21.2 Å². The highest BCUT2D eigenvalue weighted by Crippen LogP contribution is 2.27. The van der Waals surface area contributed by atoms with Gasteiger partial charge in [-0.3, -0.25) is 10.1 Å². The summed E-state index contributed by atoms with van der Waals surface area (Å²) in [5.74, 6) is -0.382. The van der Waals surface area contributed by atoms with Crippen LogP contribution >= 0.6 is 11.3 Å². The van der Waals surface area contributed by atoms with E-state index in [1.807, 2.05) is 31.2 Å². The highest BCUT2D eigenvalue weighted by atomic mass is 32.2. The fourth-order valence-corrected chi connectivity index (χ4v) is 6.04. The topological polar surface area (TPSA) is 105 Å². The zero-order valence-electron chi connectivity index (χ0n) is 16.4. The third kappa shape index (κ3) is 4.61. The predicted molar refractivity (Wildman–Crippen MR) is 113 cm³/mol. The Balaban J connectivity index is 1.38. The van der Waals surface area contributed by atoms with E-state index in [1.165, 1.54) is 21.2 Å². The normalized spacial score (nSPS) is 17.7. The maximum Gasteiger partial charge on any atom is 0.322 e. The number of amides is 1. The number of thiophene rings is 1. The van der Waals surface area contributed by atoms with Crippen LogP contribution < -0.4 is 5.32 Å². The van der Waals surface area contributed by atoms with Crippen LogP contribution in [0.3, 0.4) is 0 Å². The third-order valence-corrected chi connectivity index (χ3v) is 8.26. The molecule has 1 aliphatic rings. The van der Waals surface area contributed by atoms with E-state index >= 15 is 0 Å². The summed E-state index contributed by atoms with van der Waals surface area (Å²) in [6.07, 6.45) is 1.69. The van der Waals surface area contributed by atoms with Crippen molar-refractivity contribution in [1.82, 2.24) is 14.5 Å². The molecule has 1 saturated heterocycles. The Hall–Kier alpha value is -2.56. The molecular formula is C20H22N4O4S2. The van der Waals surface area contributed by atoms with Crippen LogP contribution in [0.4, 0.5) is 6.01 Å². The SMILES string of the molecule is Cc1ccc(Cc2nnc(NC(=O)C3CCCN(S(=O)(=O)c4cccs4)C3)o2)cc1. The lowest BCUT2D eigenvalue weighted by Gasteiger charge is -2.30. The van der Waals surface area contributed by atoms with Gasteiger partial charge in [-0.1, -0.05) is 41.0 Å². The first-order valence-corrected chi connectivity index (χ1v) is 12.0. The Morgan fingerprint density at radius 3 is 2.80 bits per heavy atom. The van der Waals surface area contributed by atoms with Crippen molar-refractivity contribution in [1.29, 1.82) is 0 Å². The average molecular weight is 447 g/mol. The van der Waals surface area contributed by atoms with E-state index < -0.39 is 15.9 Å². The number of rotatable bonds is 6. The van der Waals surface area contributed by atoms with Gasteiger partial charge in [0.25, 0.3) is 10.0 Å². The van der Waals surface area contributed by atoms with E-state index in [4.69, 9.17) is 4.42 Å². The lowest BCUT2D eigenvalue weighted by atomic mass is 9.99. The van der Waals surface area contributed by atoms with E-state index in [2.05, 4.69) is 15.5 Å². The monoisotopic (exact) mass is 446 g/mol. The zero-order chi connectivity index (χ0) is 21.1. The second-order valence-corrected chi connectivity index (χ2v) is 10.4. The molecule has 8 nitrogen and oxygen atoms in total. The Morgan fingerprint density at radius 1 is 1.27 bits per heavy atom. The standard InChI is InChI=1S/C20H22N4O4S2/c1-14-6-8-15(9-7-14)12-17-22-23-20(28-17)21-19(25)16-4-2-10-24(13-16)30(26,27)18-5-3-11-29-18/h3,5-9,11,16H,2,4,10,12-13H2,1H3,(H,21,23,25). The van der Waals surface area contributed by atoms with Crippen LogP contribution in [0.15, 0.2) is 50.4 Å². The number of carbonyl (C=O) groups excluding carboxylic acids is 1. The number of nitrogens with one attached hydrogen (secondary N) is 1. The summed E-state index contributed by atoms with van der Waals surface area (Å²) in [6.45, 7) is 2.56. The predicted octanol–water partition coefficient (Wildman–Crippen LogP) is 3.07. The van der Waals surface area contributed by atoms with Gasteiger partial charge in [0.05, 0.1) is 12.3 Å². The van der Waals surface area contributed by atoms with Crippen LogP contribution in [0, 0.1) is 12.8 Å². The summed E-state index contributed by atoms with van der Waals surface area (Å²) in [5, 5.41) is 12.2. The molecule has 1 aromatic carbocycles. The molecule has 158 valence electrons. The Kier molecular flexibility index (Phi) is 5.98. The molecule has 1 atom stereocenters. The molecule has 30 heavy (non-hydrogen) atoms. The van der Waals surface area contributed by atoms with Crippen molar-refractivity contribution < 1.29 is 17.6 Å².